The van der Waals surface area contributed by atoms with Gasteiger partial charge in [-0.05, 0) is 42.0 Å². The van der Waals surface area contributed by atoms with Gasteiger partial charge in [0.1, 0.15) is 0 Å². The van der Waals surface area contributed by atoms with Gasteiger partial charge >= 0.3 is 5.97 Å². The summed E-state index contributed by atoms with van der Waals surface area (Å²) in [7, 11) is 0. The van der Waals surface area contributed by atoms with Crippen molar-refractivity contribution in [1.29, 1.82) is 0 Å². The Morgan fingerprint density at radius 1 is 0.848 bits per heavy atom. The van der Waals surface area contributed by atoms with Crippen LogP contribution in [0.4, 0.5) is 0 Å². The first-order valence-electron chi connectivity index (χ1n) is 11.4. The summed E-state index contributed by atoms with van der Waals surface area (Å²) in [5.41, 5.74) is 4.10. The van der Waals surface area contributed by atoms with Crippen molar-refractivity contribution in [3.05, 3.63) is 107 Å². The lowest BCUT2D eigenvalue weighted by molar-refractivity contribution is -0.149. The van der Waals surface area contributed by atoms with E-state index in [1.165, 1.54) is 0 Å². The Kier molecular flexibility index (Phi) is 9.21. The summed E-state index contributed by atoms with van der Waals surface area (Å²) in [6.07, 6.45) is 0.919. The molecule has 0 saturated heterocycles. The Morgan fingerprint density at radius 3 is 2.06 bits per heavy atom. The second kappa shape index (κ2) is 12.6. The van der Waals surface area contributed by atoms with Crippen molar-refractivity contribution in [2.75, 3.05) is 6.61 Å². The summed E-state index contributed by atoms with van der Waals surface area (Å²) >= 11 is 0. The Balaban J connectivity index is 1.63. The van der Waals surface area contributed by atoms with Crippen molar-refractivity contribution in [2.45, 2.75) is 44.8 Å². The monoisotopic (exact) mass is 445 g/mol. The molecule has 0 aromatic heterocycles. The van der Waals surface area contributed by atoms with Crippen LogP contribution in [0.5, 0.6) is 0 Å². The number of hydrogen-bond donors (Lipinski definition) is 2. The fraction of sp³-hybridized carbons (Fsp3) is 0.286. The predicted octanol–water partition coefficient (Wildman–Crippen LogP) is 4.75. The molecule has 1 unspecified atom stereocenters. The fourth-order valence-corrected chi connectivity index (χ4v) is 3.83. The normalized spacial score (nSPS) is 12.6. The standard InChI is InChI=1S/C28H31NO4/c1-2-33-26(28(31)32)19-22-15-13-21(14-16-22)17-18-25(24-11-7-4-8-12-24)27(30)29-20-23-9-5-3-6-10-23/h3-16,25-26H,2,17-20H2,1H3,(H,29,30)(H,31,32)/t25?,26-/m1/s1. The van der Waals surface area contributed by atoms with Gasteiger partial charge in [0, 0.05) is 19.6 Å². The number of aliphatic carboxylic acids is 1. The topological polar surface area (TPSA) is 75.6 Å². The molecule has 0 saturated carbocycles. The van der Waals surface area contributed by atoms with Crippen LogP contribution in [0.3, 0.4) is 0 Å². The minimum atomic E-state index is -0.951. The molecule has 3 aromatic rings. The summed E-state index contributed by atoms with van der Waals surface area (Å²) in [5.74, 6) is -1.18. The molecule has 5 nitrogen and oxygen atoms in total. The number of carboxylic acids is 1. The van der Waals surface area contributed by atoms with E-state index in [1.807, 2.05) is 84.9 Å². The number of rotatable bonds is 12. The number of carbonyl (C=O) groups is 2. The summed E-state index contributed by atoms with van der Waals surface area (Å²) in [4.78, 5) is 24.4. The fourth-order valence-electron chi connectivity index (χ4n) is 3.83. The van der Waals surface area contributed by atoms with Crippen LogP contribution in [0.2, 0.25) is 0 Å². The first-order valence-corrected chi connectivity index (χ1v) is 11.4. The number of hydrogen-bond acceptors (Lipinski definition) is 3. The van der Waals surface area contributed by atoms with Gasteiger partial charge in [0.25, 0.3) is 0 Å². The number of ether oxygens (including phenoxy) is 1. The van der Waals surface area contributed by atoms with Crippen molar-refractivity contribution in [2.24, 2.45) is 0 Å². The first-order chi connectivity index (χ1) is 16.1. The zero-order valence-corrected chi connectivity index (χ0v) is 18.9. The van der Waals surface area contributed by atoms with E-state index in [4.69, 9.17) is 4.74 Å². The van der Waals surface area contributed by atoms with Gasteiger partial charge in [-0.15, -0.1) is 0 Å². The number of aryl methyl sites for hydroxylation is 1. The van der Waals surface area contributed by atoms with Crippen molar-refractivity contribution >= 4 is 11.9 Å². The molecular weight excluding hydrogens is 414 g/mol. The first kappa shape index (κ1) is 24.2. The number of nitrogens with one attached hydrogen (secondary N) is 1. The minimum Gasteiger partial charge on any atom is -0.479 e. The third kappa shape index (κ3) is 7.58. The summed E-state index contributed by atoms with van der Waals surface area (Å²) in [6.45, 7) is 2.66. The van der Waals surface area contributed by atoms with Gasteiger partial charge in [0.2, 0.25) is 5.91 Å². The van der Waals surface area contributed by atoms with Crippen molar-refractivity contribution < 1.29 is 19.4 Å². The van der Waals surface area contributed by atoms with E-state index in [1.54, 1.807) is 6.92 Å². The zero-order chi connectivity index (χ0) is 23.5. The average molecular weight is 446 g/mol. The summed E-state index contributed by atoms with van der Waals surface area (Å²) < 4.78 is 5.30. The highest BCUT2D eigenvalue weighted by Gasteiger charge is 2.21. The van der Waals surface area contributed by atoms with E-state index in [-0.39, 0.29) is 11.8 Å². The van der Waals surface area contributed by atoms with Crippen LogP contribution in [0, 0.1) is 0 Å². The molecule has 0 aliphatic heterocycles. The Labute approximate surface area is 195 Å². The SMILES string of the molecule is CCO[C@H](Cc1ccc(CCC(C(=O)NCc2ccccc2)c2ccccc2)cc1)C(=O)O. The lowest BCUT2D eigenvalue weighted by atomic mass is 9.91. The number of carboxylic acid groups (broad SMARTS) is 1. The average Bonchev–Trinajstić information content (AvgIpc) is 2.85. The van der Waals surface area contributed by atoms with E-state index >= 15 is 0 Å². The molecule has 1 amide bonds. The second-order valence-electron chi connectivity index (χ2n) is 8.01. The van der Waals surface area contributed by atoms with Gasteiger partial charge in [-0.2, -0.15) is 0 Å². The molecule has 5 heteroatoms. The molecular formula is C28H31NO4. The lowest BCUT2D eigenvalue weighted by Crippen LogP contribution is -2.29. The maximum absolute atomic E-state index is 13.1. The van der Waals surface area contributed by atoms with Crippen LogP contribution < -0.4 is 5.32 Å². The molecule has 0 aliphatic carbocycles. The molecule has 2 N–H and O–H groups in total. The van der Waals surface area contributed by atoms with Gasteiger partial charge in [-0.3, -0.25) is 4.79 Å². The number of amides is 1. The van der Waals surface area contributed by atoms with Crippen LogP contribution in [0.15, 0.2) is 84.9 Å². The quantitative estimate of drug-likeness (QED) is 0.422. The second-order valence-corrected chi connectivity index (χ2v) is 8.01. The molecule has 0 fully saturated rings. The van der Waals surface area contributed by atoms with Gasteiger partial charge in [0.05, 0.1) is 5.92 Å². The highest BCUT2D eigenvalue weighted by Crippen LogP contribution is 2.23. The van der Waals surface area contributed by atoms with Crippen molar-refractivity contribution in [3.63, 3.8) is 0 Å². The molecule has 0 aliphatic rings. The lowest BCUT2D eigenvalue weighted by Gasteiger charge is -2.18. The maximum atomic E-state index is 13.1. The number of benzene rings is 3. The Morgan fingerprint density at radius 2 is 1.45 bits per heavy atom. The Hall–Kier alpha value is -3.44. The third-order valence-corrected chi connectivity index (χ3v) is 5.64. The molecule has 3 rings (SSSR count). The summed E-state index contributed by atoms with van der Waals surface area (Å²) in [6, 6.07) is 27.6. The maximum Gasteiger partial charge on any atom is 0.333 e. The van der Waals surface area contributed by atoms with E-state index in [0.29, 0.717) is 26.0 Å². The van der Waals surface area contributed by atoms with Crippen molar-refractivity contribution in [3.8, 4) is 0 Å². The molecule has 0 heterocycles. The van der Waals surface area contributed by atoms with E-state index in [0.717, 1.165) is 28.7 Å². The number of carbonyl (C=O) groups excluding carboxylic acids is 1. The van der Waals surface area contributed by atoms with Gasteiger partial charge in [-0.25, -0.2) is 4.79 Å². The molecule has 0 spiro atoms. The van der Waals surface area contributed by atoms with Gasteiger partial charge < -0.3 is 15.2 Å². The van der Waals surface area contributed by atoms with E-state index in [9.17, 15) is 14.7 Å². The summed E-state index contributed by atoms with van der Waals surface area (Å²) in [5, 5.41) is 12.4. The third-order valence-electron chi connectivity index (χ3n) is 5.64. The smallest absolute Gasteiger partial charge is 0.333 e. The van der Waals surface area contributed by atoms with E-state index < -0.39 is 12.1 Å². The van der Waals surface area contributed by atoms with Crippen LogP contribution in [-0.4, -0.2) is 29.7 Å². The Bertz CT molecular complexity index is 1000. The molecule has 2 atom stereocenters. The minimum absolute atomic E-state index is 0.0164. The van der Waals surface area contributed by atoms with Crippen molar-refractivity contribution in [1.82, 2.24) is 5.32 Å². The van der Waals surface area contributed by atoms with Gasteiger partial charge in [-0.1, -0.05) is 84.9 Å². The van der Waals surface area contributed by atoms with E-state index in [2.05, 4.69) is 5.32 Å². The van der Waals surface area contributed by atoms with Crippen LogP contribution >= 0.6 is 0 Å². The molecule has 0 radical (unpaired) electrons. The zero-order valence-electron chi connectivity index (χ0n) is 18.9. The van der Waals surface area contributed by atoms with Crippen LogP contribution in [0.1, 0.15) is 41.5 Å². The molecule has 0 bridgehead atoms. The predicted molar refractivity (Wildman–Crippen MR) is 129 cm³/mol. The highest BCUT2D eigenvalue weighted by atomic mass is 16.5. The van der Waals surface area contributed by atoms with Crippen LogP contribution in [-0.2, 0) is 33.7 Å². The van der Waals surface area contributed by atoms with Gasteiger partial charge in [0.15, 0.2) is 6.10 Å². The molecule has 172 valence electrons. The van der Waals surface area contributed by atoms with Crippen LogP contribution in [0.25, 0.3) is 0 Å². The molecule has 3 aromatic carbocycles. The molecule has 33 heavy (non-hydrogen) atoms. The highest BCUT2D eigenvalue weighted by molar-refractivity contribution is 5.83. The largest absolute Gasteiger partial charge is 0.479 e.